The van der Waals surface area contributed by atoms with Crippen LogP contribution in [0.3, 0.4) is 0 Å². The number of thiophene rings is 2. The smallest absolute Gasteiger partial charge is 0.310 e. The standard InChI is InChI=1S/C34H16N10O8S2/c45-31-27-23(25-29(53-27)37-15-13-35-25)39-33(51-21-9-5-19(6-10-21)43(47)48)41(31)17-1-2-18(4-3-17)42-32(46)28-24(26-30(54-28)38-16-14-36-26)40-34(42)52-22-11-7-20(8-12-22)44(49)50/h1-16H. The van der Waals surface area contributed by atoms with Crippen molar-refractivity contribution in [2.45, 2.75) is 0 Å². The molecule has 6 aromatic heterocycles. The van der Waals surface area contributed by atoms with Crippen LogP contribution >= 0.6 is 22.7 Å². The van der Waals surface area contributed by atoms with E-state index in [1.807, 2.05) is 0 Å². The maximum absolute atomic E-state index is 14.2. The maximum Gasteiger partial charge on any atom is 0.310 e. The number of nitrogens with zero attached hydrogens (tertiary/aromatic N) is 10. The van der Waals surface area contributed by atoms with Crippen molar-refractivity contribution in [3.8, 4) is 34.9 Å². The number of benzene rings is 3. The van der Waals surface area contributed by atoms with Gasteiger partial charge in [0.05, 0.1) is 21.2 Å². The predicted octanol–water partition coefficient (Wildman–Crippen LogP) is 6.50. The lowest BCUT2D eigenvalue weighted by atomic mass is 10.2. The SMILES string of the molecule is O=c1c2sc3nccnc3c2nc(Oc2ccc([N+](=O)[O-])cc2)n1-c1ccc(-n2c(Oc3ccc([N+](=O)[O-])cc3)nc3c(sc4nccnc43)c2=O)cc1. The van der Waals surface area contributed by atoms with Crippen molar-refractivity contribution in [2.24, 2.45) is 0 Å². The summed E-state index contributed by atoms with van der Waals surface area (Å²) in [6.07, 6.45) is 5.97. The Morgan fingerprint density at radius 2 is 0.889 bits per heavy atom. The van der Waals surface area contributed by atoms with Crippen LogP contribution in [0.25, 0.3) is 52.5 Å². The third-order valence-electron chi connectivity index (χ3n) is 8.08. The number of rotatable bonds is 8. The van der Waals surface area contributed by atoms with E-state index < -0.39 is 21.0 Å². The highest BCUT2D eigenvalue weighted by Crippen LogP contribution is 2.34. The van der Waals surface area contributed by atoms with E-state index in [1.54, 1.807) is 24.3 Å². The molecular formula is C34H16N10O8S2. The van der Waals surface area contributed by atoms with Crippen molar-refractivity contribution in [1.82, 2.24) is 39.0 Å². The summed E-state index contributed by atoms with van der Waals surface area (Å²) in [6.45, 7) is 0. The first-order chi connectivity index (χ1) is 26.2. The molecule has 54 heavy (non-hydrogen) atoms. The lowest BCUT2D eigenvalue weighted by Crippen LogP contribution is -2.22. The zero-order chi connectivity index (χ0) is 37.1. The minimum Gasteiger partial charge on any atom is -0.425 e. The van der Waals surface area contributed by atoms with Gasteiger partial charge in [-0.25, -0.2) is 29.1 Å². The number of nitro benzene ring substituents is 2. The summed E-state index contributed by atoms with van der Waals surface area (Å²) in [5.41, 5.74) is 0.631. The second-order valence-corrected chi connectivity index (χ2v) is 13.3. The van der Waals surface area contributed by atoms with Gasteiger partial charge in [-0.05, 0) is 48.5 Å². The molecule has 0 aliphatic carbocycles. The van der Waals surface area contributed by atoms with Gasteiger partial charge in [-0.3, -0.25) is 29.8 Å². The Labute approximate surface area is 306 Å². The molecule has 0 amide bonds. The predicted molar refractivity (Wildman–Crippen MR) is 197 cm³/mol. The first kappa shape index (κ1) is 32.3. The van der Waals surface area contributed by atoms with Gasteiger partial charge in [0.25, 0.3) is 22.5 Å². The third kappa shape index (κ3) is 5.41. The molecule has 3 aromatic carbocycles. The van der Waals surface area contributed by atoms with E-state index >= 15 is 0 Å². The Morgan fingerprint density at radius 1 is 0.519 bits per heavy atom. The van der Waals surface area contributed by atoms with Gasteiger partial charge in [-0.1, -0.05) is 0 Å². The molecule has 0 saturated heterocycles. The molecule has 0 spiro atoms. The topological polar surface area (TPSA) is 226 Å². The van der Waals surface area contributed by atoms with Crippen LogP contribution in [0, 0.1) is 20.2 Å². The second kappa shape index (κ2) is 12.6. The molecule has 18 nitrogen and oxygen atoms in total. The molecule has 0 saturated carbocycles. The van der Waals surface area contributed by atoms with Crippen molar-refractivity contribution in [3.63, 3.8) is 0 Å². The van der Waals surface area contributed by atoms with Crippen molar-refractivity contribution >= 4 is 75.2 Å². The summed E-state index contributed by atoms with van der Waals surface area (Å²) in [7, 11) is 0. The number of non-ortho nitro benzene ring substituents is 2. The van der Waals surface area contributed by atoms with Crippen LogP contribution in [0.1, 0.15) is 0 Å². The third-order valence-corrected chi connectivity index (χ3v) is 10.2. The normalized spacial score (nSPS) is 11.4. The van der Waals surface area contributed by atoms with Crippen LogP contribution in [0.4, 0.5) is 11.4 Å². The molecule has 0 unspecified atom stereocenters. The molecule has 0 aliphatic heterocycles. The first-order valence-corrected chi connectivity index (χ1v) is 17.1. The molecule has 0 bridgehead atoms. The van der Waals surface area contributed by atoms with E-state index in [0.29, 0.717) is 32.1 Å². The van der Waals surface area contributed by atoms with Crippen molar-refractivity contribution in [1.29, 1.82) is 0 Å². The molecule has 0 N–H and O–H groups in total. The fourth-order valence-electron chi connectivity index (χ4n) is 5.62. The number of ether oxygens (including phenoxy) is 2. The van der Waals surface area contributed by atoms with Gasteiger partial charge < -0.3 is 9.47 Å². The number of aromatic nitrogens is 8. The highest BCUT2D eigenvalue weighted by Gasteiger charge is 2.23. The summed E-state index contributed by atoms with van der Waals surface area (Å²) < 4.78 is 15.1. The van der Waals surface area contributed by atoms with E-state index in [9.17, 15) is 29.8 Å². The van der Waals surface area contributed by atoms with E-state index in [4.69, 9.17) is 9.47 Å². The van der Waals surface area contributed by atoms with Gasteiger partial charge in [0.1, 0.15) is 52.6 Å². The minimum absolute atomic E-state index is 0.152. The van der Waals surface area contributed by atoms with Gasteiger partial charge in [-0.2, -0.15) is 9.97 Å². The number of hydrogen-bond acceptors (Lipinski definition) is 16. The van der Waals surface area contributed by atoms with Crippen molar-refractivity contribution in [2.75, 3.05) is 0 Å². The molecule has 0 atom stereocenters. The van der Waals surface area contributed by atoms with Gasteiger partial charge in [0, 0.05) is 49.1 Å². The monoisotopic (exact) mass is 756 g/mol. The zero-order valence-electron chi connectivity index (χ0n) is 26.8. The largest absolute Gasteiger partial charge is 0.425 e. The van der Waals surface area contributed by atoms with E-state index in [1.165, 1.54) is 82.5 Å². The molecule has 0 aliphatic rings. The fraction of sp³-hybridized carbons (Fsp3) is 0. The minimum atomic E-state index is -0.544. The molecule has 20 heteroatoms. The molecule has 262 valence electrons. The molecule has 9 rings (SSSR count). The Morgan fingerprint density at radius 3 is 1.26 bits per heavy atom. The van der Waals surface area contributed by atoms with Gasteiger partial charge in [0.2, 0.25) is 0 Å². The number of hydrogen-bond donors (Lipinski definition) is 0. The van der Waals surface area contributed by atoms with Gasteiger partial charge >= 0.3 is 12.0 Å². The lowest BCUT2D eigenvalue weighted by molar-refractivity contribution is -0.385. The number of nitro groups is 2. The highest BCUT2D eigenvalue weighted by molar-refractivity contribution is 7.25. The van der Waals surface area contributed by atoms with Crippen LogP contribution in [-0.4, -0.2) is 48.9 Å². The summed E-state index contributed by atoms with van der Waals surface area (Å²) in [5, 5.41) is 22.5. The summed E-state index contributed by atoms with van der Waals surface area (Å²) in [6, 6.07) is 16.5. The fourth-order valence-corrected chi connectivity index (χ4v) is 7.56. The molecule has 6 heterocycles. The second-order valence-electron chi connectivity index (χ2n) is 11.3. The molecule has 0 fully saturated rings. The van der Waals surface area contributed by atoms with Crippen LogP contribution in [0.5, 0.6) is 23.5 Å². The Kier molecular flexibility index (Phi) is 7.53. The molecule has 0 radical (unpaired) electrons. The molecular weight excluding hydrogens is 741 g/mol. The zero-order valence-corrected chi connectivity index (χ0v) is 28.4. The first-order valence-electron chi connectivity index (χ1n) is 15.5. The van der Waals surface area contributed by atoms with Crippen LogP contribution in [0.15, 0.2) is 107 Å². The van der Waals surface area contributed by atoms with Crippen molar-refractivity contribution in [3.05, 3.63) is 139 Å². The van der Waals surface area contributed by atoms with E-state index in [-0.39, 0.29) is 55.3 Å². The summed E-state index contributed by atoms with van der Waals surface area (Å²) >= 11 is 2.22. The molecule has 9 aromatic rings. The van der Waals surface area contributed by atoms with E-state index in [0.717, 1.165) is 22.7 Å². The van der Waals surface area contributed by atoms with Crippen LogP contribution in [-0.2, 0) is 0 Å². The average Bonchev–Trinajstić information content (AvgIpc) is 3.75. The van der Waals surface area contributed by atoms with Gasteiger partial charge in [0.15, 0.2) is 0 Å². The lowest BCUT2D eigenvalue weighted by Gasteiger charge is -2.15. The Balaban J connectivity index is 1.19. The van der Waals surface area contributed by atoms with Crippen molar-refractivity contribution < 1.29 is 19.3 Å². The van der Waals surface area contributed by atoms with Crippen LogP contribution in [0.2, 0.25) is 0 Å². The van der Waals surface area contributed by atoms with Gasteiger partial charge in [-0.15, -0.1) is 22.7 Å². The van der Waals surface area contributed by atoms with Crippen LogP contribution < -0.4 is 20.6 Å². The maximum atomic E-state index is 14.2. The highest BCUT2D eigenvalue weighted by atomic mass is 32.1. The Bertz CT molecular complexity index is 2900. The number of fused-ring (bicyclic) bond motifs is 6. The average molecular weight is 757 g/mol. The summed E-state index contributed by atoms with van der Waals surface area (Å²) in [5.74, 6) is 0.350. The van der Waals surface area contributed by atoms with E-state index in [2.05, 4.69) is 29.9 Å². The Hall–Kier alpha value is -7.58. The summed E-state index contributed by atoms with van der Waals surface area (Å²) in [4.78, 5) is 77.4. The quantitative estimate of drug-likeness (QED) is 0.119.